The largest absolute Gasteiger partial charge is 0.497 e. The molecule has 0 bridgehead atoms. The molecule has 0 saturated heterocycles. The maximum Gasteiger partial charge on any atom is 0.235 e. The molecule has 1 atom stereocenters. The van der Waals surface area contributed by atoms with Gasteiger partial charge >= 0.3 is 0 Å². The topological polar surface area (TPSA) is 65.4 Å². The lowest BCUT2D eigenvalue weighted by Crippen LogP contribution is -2.15. The highest BCUT2D eigenvalue weighted by molar-refractivity contribution is 8.00. The second-order valence-electron chi connectivity index (χ2n) is 6.47. The standard InChI is InChI=1S/C21H21N3O3S/c1-13-19-20(14-5-4-6-17(11-14)27-3)28-12-18(25)22-21(19)24(23-13)15-7-9-16(26-2)10-8-15/h4-11,20H,12H2,1-3H3,(H,22,25)/t20-/m1/s1. The summed E-state index contributed by atoms with van der Waals surface area (Å²) >= 11 is 1.59. The normalized spacial score (nSPS) is 16.1. The van der Waals surface area contributed by atoms with Gasteiger partial charge in [0.15, 0.2) is 0 Å². The number of amides is 1. The zero-order valence-electron chi connectivity index (χ0n) is 15.9. The molecule has 3 aromatic rings. The minimum absolute atomic E-state index is 0.0175. The lowest BCUT2D eigenvalue weighted by Gasteiger charge is -2.16. The average molecular weight is 395 g/mol. The molecule has 0 spiro atoms. The van der Waals surface area contributed by atoms with Crippen LogP contribution < -0.4 is 14.8 Å². The van der Waals surface area contributed by atoms with Gasteiger partial charge in [0.25, 0.3) is 0 Å². The number of carbonyl (C=O) groups is 1. The van der Waals surface area contributed by atoms with Gasteiger partial charge in [-0.2, -0.15) is 5.10 Å². The number of aromatic nitrogens is 2. The highest BCUT2D eigenvalue weighted by Gasteiger charge is 2.30. The van der Waals surface area contributed by atoms with E-state index in [0.29, 0.717) is 11.6 Å². The Morgan fingerprint density at radius 2 is 1.86 bits per heavy atom. The summed E-state index contributed by atoms with van der Waals surface area (Å²) in [4.78, 5) is 12.4. The number of methoxy groups -OCH3 is 2. The van der Waals surface area contributed by atoms with Gasteiger partial charge in [-0.15, -0.1) is 11.8 Å². The van der Waals surface area contributed by atoms with Crippen LogP contribution in [0.25, 0.3) is 5.69 Å². The summed E-state index contributed by atoms with van der Waals surface area (Å²) in [6, 6.07) is 15.6. The molecule has 1 N–H and O–H groups in total. The van der Waals surface area contributed by atoms with Crippen molar-refractivity contribution in [1.82, 2.24) is 9.78 Å². The lowest BCUT2D eigenvalue weighted by atomic mass is 10.0. The number of anilines is 1. The quantitative estimate of drug-likeness (QED) is 0.724. The van der Waals surface area contributed by atoms with E-state index in [1.807, 2.05) is 49.4 Å². The molecule has 0 radical (unpaired) electrons. The Hall–Kier alpha value is -2.93. The van der Waals surface area contributed by atoms with Crippen molar-refractivity contribution in [2.24, 2.45) is 0 Å². The van der Waals surface area contributed by atoms with Crippen LogP contribution in [0.2, 0.25) is 0 Å². The highest BCUT2D eigenvalue weighted by Crippen LogP contribution is 2.44. The van der Waals surface area contributed by atoms with E-state index in [1.54, 1.807) is 30.7 Å². The van der Waals surface area contributed by atoms with Gasteiger partial charge in [0.1, 0.15) is 17.3 Å². The third kappa shape index (κ3) is 3.33. The van der Waals surface area contributed by atoms with Gasteiger partial charge in [-0.05, 0) is 48.9 Å². The molecular weight excluding hydrogens is 374 g/mol. The van der Waals surface area contributed by atoms with E-state index in [4.69, 9.17) is 14.6 Å². The van der Waals surface area contributed by atoms with Crippen molar-refractivity contribution >= 4 is 23.5 Å². The van der Waals surface area contributed by atoms with Gasteiger partial charge in [-0.1, -0.05) is 12.1 Å². The molecule has 7 heteroatoms. The number of fused-ring (bicyclic) bond motifs is 1. The predicted molar refractivity (Wildman–Crippen MR) is 111 cm³/mol. The van der Waals surface area contributed by atoms with Crippen LogP contribution in [0, 0.1) is 6.92 Å². The second kappa shape index (κ2) is 7.59. The summed E-state index contributed by atoms with van der Waals surface area (Å²) in [5.74, 6) is 2.62. The van der Waals surface area contributed by atoms with Crippen LogP contribution in [0.5, 0.6) is 11.5 Å². The summed E-state index contributed by atoms with van der Waals surface area (Å²) in [6.45, 7) is 1.98. The van der Waals surface area contributed by atoms with E-state index in [-0.39, 0.29) is 11.2 Å². The Morgan fingerprint density at radius 3 is 2.57 bits per heavy atom. The molecule has 28 heavy (non-hydrogen) atoms. The molecule has 2 heterocycles. The Bertz CT molecular complexity index is 1010. The van der Waals surface area contributed by atoms with Crippen LogP contribution in [0.4, 0.5) is 5.82 Å². The number of nitrogens with one attached hydrogen (secondary N) is 1. The molecule has 1 aliphatic heterocycles. The van der Waals surface area contributed by atoms with E-state index in [9.17, 15) is 4.79 Å². The number of thioether (sulfide) groups is 1. The van der Waals surface area contributed by atoms with E-state index in [0.717, 1.165) is 34.0 Å². The molecule has 0 fully saturated rings. The lowest BCUT2D eigenvalue weighted by molar-refractivity contribution is -0.113. The number of benzene rings is 2. The molecule has 2 aromatic carbocycles. The fourth-order valence-electron chi connectivity index (χ4n) is 3.36. The van der Waals surface area contributed by atoms with E-state index in [1.165, 1.54) is 0 Å². The van der Waals surface area contributed by atoms with Gasteiger partial charge in [0.2, 0.25) is 5.91 Å². The van der Waals surface area contributed by atoms with Crippen LogP contribution in [0.15, 0.2) is 48.5 Å². The molecule has 0 saturated carbocycles. The summed E-state index contributed by atoms with van der Waals surface area (Å²) in [5.41, 5.74) is 3.84. The molecule has 144 valence electrons. The van der Waals surface area contributed by atoms with Crippen LogP contribution in [-0.4, -0.2) is 35.7 Å². The SMILES string of the molecule is COc1ccc(-n2nc(C)c3c2NC(=O)CS[C@@H]3c2cccc(OC)c2)cc1. The van der Waals surface area contributed by atoms with E-state index >= 15 is 0 Å². The van der Waals surface area contributed by atoms with E-state index in [2.05, 4.69) is 11.4 Å². The number of aryl methyl sites for hydroxylation is 1. The molecular formula is C21H21N3O3S. The average Bonchev–Trinajstić information content (AvgIpc) is 2.93. The molecule has 1 aliphatic rings. The van der Waals surface area contributed by atoms with E-state index < -0.39 is 0 Å². The van der Waals surface area contributed by atoms with Crippen LogP contribution in [0.1, 0.15) is 22.1 Å². The van der Waals surface area contributed by atoms with Crippen molar-refractivity contribution < 1.29 is 14.3 Å². The fourth-order valence-corrected chi connectivity index (χ4v) is 4.54. The third-order valence-corrected chi connectivity index (χ3v) is 5.99. The molecule has 1 amide bonds. The number of rotatable bonds is 4. The second-order valence-corrected chi connectivity index (χ2v) is 7.57. The van der Waals surface area contributed by atoms with Gasteiger partial charge in [-0.25, -0.2) is 4.68 Å². The number of ether oxygens (including phenoxy) is 2. The minimum Gasteiger partial charge on any atom is -0.497 e. The first kappa shape index (κ1) is 18.4. The molecule has 4 rings (SSSR count). The minimum atomic E-state index is -0.0358. The van der Waals surface area contributed by atoms with Gasteiger partial charge in [0, 0.05) is 5.56 Å². The molecule has 1 aromatic heterocycles. The first-order chi connectivity index (χ1) is 13.6. The van der Waals surface area contributed by atoms with Crippen LogP contribution in [0.3, 0.4) is 0 Å². The third-order valence-electron chi connectivity index (χ3n) is 4.72. The first-order valence-corrected chi connectivity index (χ1v) is 9.95. The summed E-state index contributed by atoms with van der Waals surface area (Å²) in [5, 5.41) is 7.76. The molecule has 0 aliphatic carbocycles. The first-order valence-electron chi connectivity index (χ1n) is 8.90. The van der Waals surface area contributed by atoms with Crippen LogP contribution >= 0.6 is 11.8 Å². The monoisotopic (exact) mass is 395 g/mol. The van der Waals surface area contributed by atoms with Gasteiger partial charge in [0.05, 0.1) is 36.6 Å². The zero-order chi connectivity index (χ0) is 19.7. The number of carbonyl (C=O) groups excluding carboxylic acids is 1. The summed E-state index contributed by atoms with van der Waals surface area (Å²) in [7, 11) is 3.29. The smallest absolute Gasteiger partial charge is 0.235 e. The van der Waals surface area contributed by atoms with Crippen molar-refractivity contribution in [3.63, 3.8) is 0 Å². The Labute approximate surface area is 167 Å². The van der Waals surface area contributed by atoms with Crippen molar-refractivity contribution in [3.05, 3.63) is 65.4 Å². The molecule has 6 nitrogen and oxygen atoms in total. The van der Waals surface area contributed by atoms with Crippen molar-refractivity contribution in [2.45, 2.75) is 12.2 Å². The fraction of sp³-hybridized carbons (Fsp3) is 0.238. The summed E-state index contributed by atoms with van der Waals surface area (Å²) in [6.07, 6.45) is 0. The van der Waals surface area contributed by atoms with Crippen molar-refractivity contribution in [1.29, 1.82) is 0 Å². The zero-order valence-corrected chi connectivity index (χ0v) is 16.7. The number of hydrogen-bond acceptors (Lipinski definition) is 5. The van der Waals surface area contributed by atoms with Crippen molar-refractivity contribution in [3.8, 4) is 17.2 Å². The molecule has 0 unspecified atom stereocenters. The summed E-state index contributed by atoms with van der Waals surface area (Å²) < 4.78 is 12.4. The van der Waals surface area contributed by atoms with Gasteiger partial charge < -0.3 is 14.8 Å². The van der Waals surface area contributed by atoms with Crippen molar-refractivity contribution in [2.75, 3.05) is 25.3 Å². The maximum atomic E-state index is 12.4. The Morgan fingerprint density at radius 1 is 1.11 bits per heavy atom. The Balaban J connectivity index is 1.84. The Kier molecular flexibility index (Phi) is 5.00. The number of nitrogens with zero attached hydrogens (tertiary/aromatic N) is 2. The maximum absolute atomic E-state index is 12.4. The van der Waals surface area contributed by atoms with Crippen LogP contribution in [-0.2, 0) is 4.79 Å². The highest BCUT2D eigenvalue weighted by atomic mass is 32.2. The predicted octanol–water partition coefficient (Wildman–Crippen LogP) is 3.97. The van der Waals surface area contributed by atoms with Gasteiger partial charge in [-0.3, -0.25) is 4.79 Å². The number of hydrogen-bond donors (Lipinski definition) is 1.